The molecule has 98 valence electrons. The van der Waals surface area contributed by atoms with Crippen LogP contribution in [-0.4, -0.2) is 17.9 Å². The Hall–Kier alpha value is -1.78. The van der Waals surface area contributed by atoms with Gasteiger partial charge in [0.1, 0.15) is 0 Å². The lowest BCUT2D eigenvalue weighted by atomic mass is 10.1. The van der Waals surface area contributed by atoms with Crippen molar-refractivity contribution < 1.29 is 4.79 Å². The average molecular weight is 296 g/mol. The van der Waals surface area contributed by atoms with Gasteiger partial charge in [0.25, 0.3) is 5.91 Å². The van der Waals surface area contributed by atoms with E-state index < -0.39 is 0 Å². The summed E-state index contributed by atoms with van der Waals surface area (Å²) in [6, 6.07) is 8.37. The van der Waals surface area contributed by atoms with E-state index in [1.165, 1.54) is 0 Å². The largest absolute Gasteiger partial charge is 0.387 e. The number of anilines is 2. The lowest BCUT2D eigenvalue weighted by Gasteiger charge is -2.10. The van der Waals surface area contributed by atoms with Gasteiger partial charge in [-0.05, 0) is 30.3 Å². The van der Waals surface area contributed by atoms with Crippen molar-refractivity contribution in [2.45, 2.75) is 0 Å². The first-order valence-corrected chi connectivity index (χ1v) is 6.26. The van der Waals surface area contributed by atoms with Crippen molar-refractivity contribution >= 4 is 40.6 Å². The van der Waals surface area contributed by atoms with Gasteiger partial charge in [0, 0.05) is 24.0 Å². The molecule has 2 N–H and O–H groups in total. The van der Waals surface area contributed by atoms with Crippen LogP contribution in [0.15, 0.2) is 36.5 Å². The minimum Gasteiger partial charge on any atom is -0.387 e. The Bertz CT molecular complexity index is 617. The summed E-state index contributed by atoms with van der Waals surface area (Å²) in [5, 5.41) is 6.44. The molecule has 4 nitrogen and oxygen atoms in total. The fraction of sp³-hybridized carbons (Fsp3) is 0.0769. The number of carbonyl (C=O) groups is 1. The molecular formula is C13H11Cl2N3O. The number of nitrogens with one attached hydrogen (secondary N) is 2. The van der Waals surface area contributed by atoms with Gasteiger partial charge in [-0.1, -0.05) is 23.2 Å². The Morgan fingerprint density at radius 1 is 1.26 bits per heavy atom. The summed E-state index contributed by atoms with van der Waals surface area (Å²) in [6.45, 7) is 0. The number of amides is 1. The van der Waals surface area contributed by atoms with E-state index in [4.69, 9.17) is 23.2 Å². The second-order valence-electron chi connectivity index (χ2n) is 3.73. The lowest BCUT2D eigenvalue weighted by Crippen LogP contribution is -2.15. The molecule has 0 saturated carbocycles. The molecule has 0 radical (unpaired) electrons. The summed E-state index contributed by atoms with van der Waals surface area (Å²) in [4.78, 5) is 16.2. The Morgan fingerprint density at radius 3 is 2.74 bits per heavy atom. The van der Waals surface area contributed by atoms with E-state index in [-0.39, 0.29) is 5.91 Å². The van der Waals surface area contributed by atoms with Crippen molar-refractivity contribution in [3.8, 4) is 0 Å². The van der Waals surface area contributed by atoms with Crippen molar-refractivity contribution in [1.82, 2.24) is 4.98 Å². The third-order valence-electron chi connectivity index (χ3n) is 2.49. The van der Waals surface area contributed by atoms with E-state index in [1.54, 1.807) is 43.6 Å². The molecular weight excluding hydrogens is 285 g/mol. The van der Waals surface area contributed by atoms with Crippen molar-refractivity contribution in [3.63, 3.8) is 0 Å². The summed E-state index contributed by atoms with van der Waals surface area (Å²) in [6.07, 6.45) is 1.55. The third-order valence-corrected chi connectivity index (χ3v) is 3.03. The second kappa shape index (κ2) is 5.91. The van der Waals surface area contributed by atoms with Gasteiger partial charge in [-0.25, -0.2) is 4.98 Å². The van der Waals surface area contributed by atoms with Crippen LogP contribution in [0.2, 0.25) is 10.0 Å². The number of halogens is 2. The van der Waals surface area contributed by atoms with Gasteiger partial charge in [-0.2, -0.15) is 0 Å². The standard InChI is InChI=1S/C13H11Cl2N3O/c1-16-11-5-4-8(14)7-9(11)13(19)18-12-10(15)3-2-6-17-12/h2-7,16H,1H3,(H,17,18,19). The first-order valence-electron chi connectivity index (χ1n) is 5.51. The van der Waals surface area contributed by atoms with Crippen LogP contribution in [0.4, 0.5) is 11.5 Å². The van der Waals surface area contributed by atoms with E-state index in [0.717, 1.165) is 0 Å². The minimum atomic E-state index is -0.326. The molecule has 0 atom stereocenters. The van der Waals surface area contributed by atoms with E-state index in [9.17, 15) is 4.79 Å². The minimum absolute atomic E-state index is 0.316. The van der Waals surface area contributed by atoms with Crippen LogP contribution in [0, 0.1) is 0 Å². The predicted molar refractivity (Wildman–Crippen MR) is 78.2 cm³/mol. The molecule has 0 fully saturated rings. The quantitative estimate of drug-likeness (QED) is 0.908. The summed E-state index contributed by atoms with van der Waals surface area (Å²) in [5.41, 5.74) is 1.10. The molecule has 0 bridgehead atoms. The van der Waals surface area contributed by atoms with Gasteiger partial charge in [-0.3, -0.25) is 4.79 Å². The van der Waals surface area contributed by atoms with Gasteiger partial charge in [0.2, 0.25) is 0 Å². The SMILES string of the molecule is CNc1ccc(Cl)cc1C(=O)Nc1ncccc1Cl. The summed E-state index contributed by atoms with van der Waals surface area (Å²) < 4.78 is 0. The zero-order valence-electron chi connectivity index (χ0n) is 10.1. The summed E-state index contributed by atoms with van der Waals surface area (Å²) in [7, 11) is 1.73. The van der Waals surface area contributed by atoms with E-state index in [0.29, 0.717) is 27.1 Å². The average Bonchev–Trinajstić information content (AvgIpc) is 2.41. The first kappa shape index (κ1) is 13.6. The Morgan fingerprint density at radius 2 is 2.05 bits per heavy atom. The van der Waals surface area contributed by atoms with Crippen molar-refractivity contribution in [1.29, 1.82) is 0 Å². The van der Waals surface area contributed by atoms with Crippen LogP contribution < -0.4 is 10.6 Å². The zero-order chi connectivity index (χ0) is 13.8. The number of aromatic nitrogens is 1. The van der Waals surface area contributed by atoms with Gasteiger partial charge in [-0.15, -0.1) is 0 Å². The number of rotatable bonds is 3. The molecule has 6 heteroatoms. The number of carbonyl (C=O) groups excluding carboxylic acids is 1. The van der Waals surface area contributed by atoms with E-state index in [1.807, 2.05) is 0 Å². The molecule has 1 aromatic carbocycles. The van der Waals surface area contributed by atoms with Gasteiger partial charge in [0.05, 0.1) is 10.6 Å². The van der Waals surface area contributed by atoms with Crippen LogP contribution in [0.3, 0.4) is 0 Å². The highest BCUT2D eigenvalue weighted by Gasteiger charge is 2.13. The van der Waals surface area contributed by atoms with Gasteiger partial charge < -0.3 is 10.6 Å². The molecule has 0 aliphatic rings. The Labute approximate surface area is 120 Å². The van der Waals surface area contributed by atoms with E-state index in [2.05, 4.69) is 15.6 Å². The smallest absolute Gasteiger partial charge is 0.259 e. The lowest BCUT2D eigenvalue weighted by molar-refractivity contribution is 0.102. The molecule has 0 unspecified atom stereocenters. The number of hydrogen-bond donors (Lipinski definition) is 2. The number of pyridine rings is 1. The van der Waals surface area contributed by atoms with Crippen LogP contribution in [0.1, 0.15) is 10.4 Å². The maximum Gasteiger partial charge on any atom is 0.259 e. The van der Waals surface area contributed by atoms with Crippen molar-refractivity contribution in [2.24, 2.45) is 0 Å². The molecule has 0 spiro atoms. The topological polar surface area (TPSA) is 54.0 Å². The van der Waals surface area contributed by atoms with Crippen molar-refractivity contribution in [2.75, 3.05) is 17.7 Å². The number of benzene rings is 1. The molecule has 0 aliphatic carbocycles. The maximum atomic E-state index is 12.2. The van der Waals surface area contributed by atoms with Gasteiger partial charge >= 0.3 is 0 Å². The molecule has 1 heterocycles. The molecule has 19 heavy (non-hydrogen) atoms. The summed E-state index contributed by atoms with van der Waals surface area (Å²) in [5.74, 6) is -0.0105. The zero-order valence-corrected chi connectivity index (χ0v) is 11.6. The van der Waals surface area contributed by atoms with Crippen LogP contribution in [-0.2, 0) is 0 Å². The summed E-state index contributed by atoms with van der Waals surface area (Å²) >= 11 is 11.8. The molecule has 0 aliphatic heterocycles. The monoisotopic (exact) mass is 295 g/mol. The molecule has 2 aromatic rings. The highest BCUT2D eigenvalue weighted by molar-refractivity contribution is 6.33. The second-order valence-corrected chi connectivity index (χ2v) is 4.57. The van der Waals surface area contributed by atoms with Crippen molar-refractivity contribution in [3.05, 3.63) is 52.1 Å². The predicted octanol–water partition coefficient (Wildman–Crippen LogP) is 3.68. The van der Waals surface area contributed by atoms with Gasteiger partial charge in [0.15, 0.2) is 5.82 Å². The maximum absolute atomic E-state index is 12.2. The molecule has 0 saturated heterocycles. The van der Waals surface area contributed by atoms with Crippen LogP contribution in [0.5, 0.6) is 0 Å². The Kier molecular flexibility index (Phi) is 4.24. The van der Waals surface area contributed by atoms with Crippen LogP contribution in [0.25, 0.3) is 0 Å². The third kappa shape index (κ3) is 3.16. The van der Waals surface area contributed by atoms with E-state index >= 15 is 0 Å². The number of hydrogen-bond acceptors (Lipinski definition) is 3. The first-order chi connectivity index (χ1) is 9.11. The fourth-order valence-electron chi connectivity index (χ4n) is 1.57. The number of nitrogens with zero attached hydrogens (tertiary/aromatic N) is 1. The Balaban J connectivity index is 2.30. The normalized spacial score (nSPS) is 10.1. The molecule has 1 aromatic heterocycles. The highest BCUT2D eigenvalue weighted by atomic mass is 35.5. The van der Waals surface area contributed by atoms with Crippen LogP contribution >= 0.6 is 23.2 Å². The molecule has 2 rings (SSSR count). The fourth-order valence-corrected chi connectivity index (χ4v) is 1.92. The molecule has 1 amide bonds. The highest BCUT2D eigenvalue weighted by Crippen LogP contribution is 2.23.